The highest BCUT2D eigenvalue weighted by molar-refractivity contribution is 7.80. The van der Waals surface area contributed by atoms with Gasteiger partial charge in [-0.2, -0.15) is 12.6 Å². The Morgan fingerprint density at radius 1 is 0.867 bits per heavy atom. The topological polar surface area (TPSA) is 173 Å². The van der Waals surface area contributed by atoms with E-state index in [0.29, 0.717) is 24.8 Å². The third kappa shape index (κ3) is 15.1. The van der Waals surface area contributed by atoms with Crippen molar-refractivity contribution in [1.29, 1.82) is 0 Å². The number of phenols is 1. The van der Waals surface area contributed by atoms with E-state index in [9.17, 15) is 33.9 Å². The normalized spacial score (nSPS) is 15.3. The van der Waals surface area contributed by atoms with Crippen LogP contribution in [0.3, 0.4) is 0 Å². The molecule has 3 amide bonds. The SMILES string of the molecule is CCC(C)[C@H](NC(=O)C(CC(=O)[C@H](CS)NC(=O)C(CC(C)=O)CC(C)C)Cc1ccc(O)cc1)C(=O)C[C@H](C)CCC(N)=O. The average Bonchev–Trinajstić information content (AvgIpc) is 2.96. The smallest absolute Gasteiger partial charge is 0.224 e. The predicted molar refractivity (Wildman–Crippen MR) is 178 cm³/mol. The second-order valence-corrected chi connectivity index (χ2v) is 13.2. The van der Waals surface area contributed by atoms with Crippen LogP contribution < -0.4 is 16.4 Å². The van der Waals surface area contributed by atoms with Gasteiger partial charge < -0.3 is 26.3 Å². The molecule has 3 unspecified atom stereocenters. The van der Waals surface area contributed by atoms with Crippen LogP contribution in [-0.4, -0.2) is 58.0 Å². The van der Waals surface area contributed by atoms with Crippen LogP contribution in [0.15, 0.2) is 24.3 Å². The molecule has 0 saturated carbocycles. The molecule has 252 valence electrons. The number of Topliss-reactive ketones (excluding diaryl/α,β-unsaturated/α-hetero) is 3. The summed E-state index contributed by atoms with van der Waals surface area (Å²) in [5.74, 6) is -3.51. The maximum atomic E-state index is 13.8. The van der Waals surface area contributed by atoms with Crippen molar-refractivity contribution in [2.75, 3.05) is 5.75 Å². The van der Waals surface area contributed by atoms with E-state index in [1.807, 2.05) is 34.6 Å². The van der Waals surface area contributed by atoms with Gasteiger partial charge in [-0.3, -0.25) is 24.0 Å². The van der Waals surface area contributed by atoms with Gasteiger partial charge in [0.05, 0.1) is 12.1 Å². The molecule has 11 heteroatoms. The molecule has 0 spiro atoms. The Morgan fingerprint density at radius 3 is 1.98 bits per heavy atom. The van der Waals surface area contributed by atoms with Gasteiger partial charge in [0.1, 0.15) is 11.5 Å². The summed E-state index contributed by atoms with van der Waals surface area (Å²) in [7, 11) is 0. The fourth-order valence-electron chi connectivity index (χ4n) is 5.28. The van der Waals surface area contributed by atoms with E-state index in [4.69, 9.17) is 5.73 Å². The molecule has 6 atom stereocenters. The first kappa shape index (κ1) is 39.8. The molecule has 1 rings (SSSR count). The van der Waals surface area contributed by atoms with Gasteiger partial charge in [0.2, 0.25) is 17.7 Å². The zero-order chi connectivity index (χ0) is 34.3. The van der Waals surface area contributed by atoms with Crippen LogP contribution in [0.4, 0.5) is 0 Å². The summed E-state index contributed by atoms with van der Waals surface area (Å²) in [4.78, 5) is 76.8. The summed E-state index contributed by atoms with van der Waals surface area (Å²) in [6.07, 6.45) is 1.89. The molecule has 0 heterocycles. The molecule has 45 heavy (non-hydrogen) atoms. The predicted octanol–water partition coefficient (Wildman–Crippen LogP) is 3.96. The van der Waals surface area contributed by atoms with Crippen LogP contribution in [0.2, 0.25) is 0 Å². The third-order valence-corrected chi connectivity index (χ3v) is 8.44. The molecule has 1 aromatic rings. The highest BCUT2D eigenvalue weighted by Gasteiger charge is 2.33. The number of hydrogen-bond donors (Lipinski definition) is 5. The highest BCUT2D eigenvalue weighted by Crippen LogP contribution is 2.22. The number of amides is 3. The number of thiol groups is 1. The van der Waals surface area contributed by atoms with Crippen molar-refractivity contribution in [3.63, 3.8) is 0 Å². The number of phenolic OH excluding ortho intramolecular Hbond substituents is 1. The first-order valence-corrected chi connectivity index (χ1v) is 16.5. The summed E-state index contributed by atoms with van der Waals surface area (Å²) in [5.41, 5.74) is 5.96. The molecule has 0 aliphatic carbocycles. The minimum absolute atomic E-state index is 0.00373. The lowest BCUT2D eigenvalue weighted by atomic mass is 9.87. The fourth-order valence-corrected chi connectivity index (χ4v) is 5.58. The summed E-state index contributed by atoms with van der Waals surface area (Å²) in [5, 5.41) is 15.4. The molecule has 5 N–H and O–H groups in total. The van der Waals surface area contributed by atoms with E-state index in [-0.39, 0.29) is 72.9 Å². The Labute approximate surface area is 273 Å². The molecule has 0 aromatic heterocycles. The van der Waals surface area contributed by atoms with E-state index in [0.717, 1.165) is 0 Å². The van der Waals surface area contributed by atoms with Crippen molar-refractivity contribution in [3.8, 4) is 5.75 Å². The largest absolute Gasteiger partial charge is 0.508 e. The van der Waals surface area contributed by atoms with Crippen LogP contribution in [0.1, 0.15) is 92.1 Å². The monoisotopic (exact) mass is 647 g/mol. The Bertz CT molecular complexity index is 1150. The molecule has 0 saturated heterocycles. The average molecular weight is 648 g/mol. The van der Waals surface area contributed by atoms with Gasteiger partial charge in [-0.1, -0.05) is 53.2 Å². The second kappa shape index (κ2) is 20.0. The van der Waals surface area contributed by atoms with Gasteiger partial charge >= 0.3 is 0 Å². The van der Waals surface area contributed by atoms with E-state index in [1.54, 1.807) is 12.1 Å². The first-order chi connectivity index (χ1) is 21.1. The summed E-state index contributed by atoms with van der Waals surface area (Å²) < 4.78 is 0. The van der Waals surface area contributed by atoms with Gasteiger partial charge in [0, 0.05) is 43.3 Å². The number of nitrogens with one attached hydrogen (secondary N) is 2. The number of rotatable bonds is 22. The van der Waals surface area contributed by atoms with Crippen LogP contribution in [0.25, 0.3) is 0 Å². The lowest BCUT2D eigenvalue weighted by Crippen LogP contribution is -2.50. The minimum Gasteiger partial charge on any atom is -0.508 e. The molecule has 0 bridgehead atoms. The van der Waals surface area contributed by atoms with Crippen molar-refractivity contribution >= 4 is 47.7 Å². The molecular formula is C34H53N3O7S. The van der Waals surface area contributed by atoms with Crippen LogP contribution in [0.5, 0.6) is 5.75 Å². The quantitative estimate of drug-likeness (QED) is 0.119. The number of primary amides is 1. The van der Waals surface area contributed by atoms with Gasteiger partial charge in [-0.15, -0.1) is 0 Å². The van der Waals surface area contributed by atoms with E-state index in [2.05, 4.69) is 23.3 Å². The minimum atomic E-state index is -0.976. The van der Waals surface area contributed by atoms with Crippen LogP contribution in [-0.2, 0) is 35.2 Å². The van der Waals surface area contributed by atoms with Gasteiger partial charge in [0.25, 0.3) is 0 Å². The second-order valence-electron chi connectivity index (χ2n) is 12.9. The molecular weight excluding hydrogens is 594 g/mol. The number of hydrogen-bond acceptors (Lipinski definition) is 8. The molecule has 10 nitrogen and oxygen atoms in total. The van der Waals surface area contributed by atoms with E-state index >= 15 is 0 Å². The van der Waals surface area contributed by atoms with Crippen LogP contribution >= 0.6 is 12.6 Å². The summed E-state index contributed by atoms with van der Waals surface area (Å²) in [6, 6.07) is 4.54. The van der Waals surface area contributed by atoms with Gasteiger partial charge in [0.15, 0.2) is 11.6 Å². The lowest BCUT2D eigenvalue weighted by molar-refractivity contribution is -0.135. The van der Waals surface area contributed by atoms with Crippen molar-refractivity contribution in [2.24, 2.45) is 35.3 Å². The van der Waals surface area contributed by atoms with Crippen LogP contribution in [0, 0.1) is 29.6 Å². The number of carbonyl (C=O) groups is 6. The van der Waals surface area contributed by atoms with E-state index in [1.165, 1.54) is 19.1 Å². The van der Waals surface area contributed by atoms with Gasteiger partial charge in [-0.05, 0) is 61.6 Å². The standard InChI is InChI=1S/C34H53N3O7S/c1-7-22(5)32(30(41)15-21(4)8-13-31(35)42)37-34(44)26(17-24-9-11-27(39)12-10-24)18-29(40)28(19-45)36-33(43)25(14-20(2)3)16-23(6)38/h9-12,20-22,25-26,28,32,39,45H,7-8,13-19H2,1-6H3,(H2,35,42)(H,36,43)(H,37,44)/t21-,22?,25?,26?,28+,32+/m1/s1. The lowest BCUT2D eigenvalue weighted by Gasteiger charge is -2.27. The number of benzene rings is 1. The van der Waals surface area contributed by atoms with Gasteiger partial charge in [-0.25, -0.2) is 0 Å². The molecule has 0 fully saturated rings. The summed E-state index contributed by atoms with van der Waals surface area (Å²) in [6.45, 7) is 11.0. The third-order valence-electron chi connectivity index (χ3n) is 8.08. The van der Waals surface area contributed by atoms with Crippen molar-refractivity contribution in [3.05, 3.63) is 29.8 Å². The van der Waals surface area contributed by atoms with Crippen molar-refractivity contribution in [1.82, 2.24) is 10.6 Å². The highest BCUT2D eigenvalue weighted by atomic mass is 32.1. The molecule has 0 radical (unpaired) electrons. The Kier molecular flexibility index (Phi) is 17.7. The number of nitrogens with two attached hydrogens (primary N) is 1. The number of aromatic hydroxyl groups is 1. The zero-order valence-electron chi connectivity index (χ0n) is 27.6. The maximum absolute atomic E-state index is 13.8. The van der Waals surface area contributed by atoms with Crippen molar-refractivity contribution in [2.45, 2.75) is 105 Å². The molecule has 1 aromatic carbocycles. The molecule has 0 aliphatic heterocycles. The Balaban J connectivity index is 3.22. The molecule has 0 aliphatic rings. The number of ketones is 3. The Morgan fingerprint density at radius 2 is 1.47 bits per heavy atom. The fraction of sp³-hybridized carbons (Fsp3) is 0.647. The zero-order valence-corrected chi connectivity index (χ0v) is 28.5. The van der Waals surface area contributed by atoms with Crippen molar-refractivity contribution < 1.29 is 33.9 Å². The maximum Gasteiger partial charge on any atom is 0.224 e. The summed E-state index contributed by atoms with van der Waals surface area (Å²) >= 11 is 4.30. The Hall–Kier alpha value is -3.21. The number of carbonyl (C=O) groups excluding carboxylic acids is 6. The van der Waals surface area contributed by atoms with E-state index < -0.39 is 47.4 Å². The first-order valence-electron chi connectivity index (χ1n) is 15.9.